The Hall–Kier alpha value is -1.42. The largest absolute Gasteiger partial charge is 0.396 e. The minimum atomic E-state index is -0.384. The Bertz CT molecular complexity index is 407. The maximum Gasteiger partial charge on any atom is 0.236 e. The van der Waals surface area contributed by atoms with Crippen molar-refractivity contribution < 1.29 is 4.79 Å². The molecule has 1 rings (SSSR count). The molecule has 4 N–H and O–H groups in total. The summed E-state index contributed by atoms with van der Waals surface area (Å²) in [6.07, 6.45) is 0. The van der Waals surface area contributed by atoms with Gasteiger partial charge in [-0.1, -0.05) is 31.5 Å². The summed E-state index contributed by atoms with van der Waals surface area (Å²) in [5.41, 5.74) is 12.4. The molecule has 0 spiro atoms. The lowest BCUT2D eigenvalue weighted by molar-refractivity contribution is -0.116. The number of benzene rings is 1. The molecule has 0 fully saturated rings. The van der Waals surface area contributed by atoms with Gasteiger partial charge in [0.15, 0.2) is 0 Å². The van der Waals surface area contributed by atoms with Crippen LogP contribution >= 0.6 is 11.6 Å². The Labute approximate surface area is 107 Å². The van der Waals surface area contributed by atoms with Gasteiger partial charge in [0, 0.05) is 6.54 Å². The molecule has 0 atom stereocenters. The molecule has 0 saturated heterocycles. The third-order valence-electron chi connectivity index (χ3n) is 2.30. The number of nitrogens with two attached hydrogens (primary N) is 2. The molecule has 0 aliphatic rings. The Morgan fingerprint density at radius 2 is 2.12 bits per heavy atom. The van der Waals surface area contributed by atoms with Crippen molar-refractivity contribution in [3.63, 3.8) is 0 Å². The molecular formula is C12H18ClN3O. The zero-order valence-corrected chi connectivity index (χ0v) is 10.9. The first kappa shape index (κ1) is 13.6. The number of para-hydroxylation sites is 1. The first-order valence-electron chi connectivity index (χ1n) is 5.49. The van der Waals surface area contributed by atoms with Crippen LogP contribution in [0, 0.1) is 5.92 Å². The molecule has 0 radical (unpaired) electrons. The third kappa shape index (κ3) is 3.82. The SMILES string of the molecule is CC(C)CN(CC(N)=O)c1cccc(Cl)c1N. The summed E-state index contributed by atoms with van der Waals surface area (Å²) in [6, 6.07) is 5.37. The summed E-state index contributed by atoms with van der Waals surface area (Å²) in [7, 11) is 0. The third-order valence-corrected chi connectivity index (χ3v) is 2.63. The van der Waals surface area contributed by atoms with E-state index in [2.05, 4.69) is 13.8 Å². The maximum atomic E-state index is 11.1. The van der Waals surface area contributed by atoms with Crippen LogP contribution in [0.4, 0.5) is 11.4 Å². The highest BCUT2D eigenvalue weighted by Crippen LogP contribution is 2.30. The van der Waals surface area contributed by atoms with Gasteiger partial charge in [0.05, 0.1) is 22.9 Å². The molecule has 0 aliphatic carbocycles. The van der Waals surface area contributed by atoms with Gasteiger partial charge in [0.1, 0.15) is 0 Å². The van der Waals surface area contributed by atoms with Crippen LogP contribution in [0.5, 0.6) is 0 Å². The summed E-state index contributed by atoms with van der Waals surface area (Å²) in [4.78, 5) is 12.9. The van der Waals surface area contributed by atoms with E-state index in [1.165, 1.54) is 0 Å². The molecule has 17 heavy (non-hydrogen) atoms. The predicted molar refractivity (Wildman–Crippen MR) is 72.1 cm³/mol. The number of hydrogen-bond donors (Lipinski definition) is 2. The van der Waals surface area contributed by atoms with Gasteiger partial charge < -0.3 is 16.4 Å². The zero-order chi connectivity index (χ0) is 13.0. The Balaban J connectivity index is 3.03. The number of carbonyl (C=O) groups is 1. The van der Waals surface area contributed by atoms with Crippen molar-refractivity contribution in [1.29, 1.82) is 0 Å². The average Bonchev–Trinajstić information content (AvgIpc) is 2.19. The number of hydrogen-bond acceptors (Lipinski definition) is 3. The number of amides is 1. The molecule has 0 heterocycles. The van der Waals surface area contributed by atoms with Crippen LogP contribution in [0.25, 0.3) is 0 Å². The molecule has 4 nitrogen and oxygen atoms in total. The van der Waals surface area contributed by atoms with Crippen LogP contribution in [0.1, 0.15) is 13.8 Å². The summed E-state index contributed by atoms with van der Waals surface area (Å²) in [5.74, 6) is 0.0118. The lowest BCUT2D eigenvalue weighted by Gasteiger charge is -2.26. The van der Waals surface area contributed by atoms with Crippen molar-refractivity contribution in [1.82, 2.24) is 0 Å². The second-order valence-corrected chi connectivity index (χ2v) is 4.82. The number of anilines is 2. The topological polar surface area (TPSA) is 72.3 Å². The van der Waals surface area contributed by atoms with Crippen molar-refractivity contribution in [3.05, 3.63) is 23.2 Å². The minimum absolute atomic E-state index is 0.142. The molecule has 0 aliphatic heterocycles. The van der Waals surface area contributed by atoms with E-state index in [-0.39, 0.29) is 12.5 Å². The van der Waals surface area contributed by atoms with Crippen molar-refractivity contribution in [2.24, 2.45) is 11.7 Å². The van der Waals surface area contributed by atoms with E-state index in [1.54, 1.807) is 6.07 Å². The summed E-state index contributed by atoms with van der Waals surface area (Å²) < 4.78 is 0. The normalized spacial score (nSPS) is 10.6. The lowest BCUT2D eigenvalue weighted by Crippen LogP contribution is -2.36. The van der Waals surface area contributed by atoms with Gasteiger partial charge in [-0.25, -0.2) is 0 Å². The van der Waals surface area contributed by atoms with E-state index in [0.717, 1.165) is 5.69 Å². The summed E-state index contributed by atoms with van der Waals surface area (Å²) in [5, 5.41) is 0.487. The highest BCUT2D eigenvalue weighted by atomic mass is 35.5. The standard InChI is InChI=1S/C12H18ClN3O/c1-8(2)6-16(7-11(14)17)10-5-3-4-9(13)12(10)15/h3-5,8H,6-7,15H2,1-2H3,(H2,14,17). The van der Waals surface area contributed by atoms with Crippen LogP contribution in [-0.2, 0) is 4.79 Å². The Morgan fingerprint density at radius 3 is 2.65 bits per heavy atom. The van der Waals surface area contributed by atoms with Crippen molar-refractivity contribution in [2.75, 3.05) is 23.7 Å². The Kier molecular flexibility index (Phi) is 4.63. The first-order chi connectivity index (χ1) is 7.91. The monoisotopic (exact) mass is 255 g/mol. The van der Waals surface area contributed by atoms with E-state index >= 15 is 0 Å². The highest BCUT2D eigenvalue weighted by Gasteiger charge is 2.15. The summed E-state index contributed by atoms with van der Waals surface area (Å²) in [6.45, 7) is 4.97. The van der Waals surface area contributed by atoms with E-state index in [0.29, 0.717) is 23.2 Å². The predicted octanol–water partition coefficient (Wildman–Crippen LogP) is 1.87. The fourth-order valence-corrected chi connectivity index (χ4v) is 1.85. The second kappa shape index (κ2) is 5.77. The molecule has 1 aromatic rings. The van der Waals surface area contributed by atoms with Gasteiger partial charge in [0.25, 0.3) is 0 Å². The quantitative estimate of drug-likeness (QED) is 0.789. The van der Waals surface area contributed by atoms with E-state index < -0.39 is 0 Å². The molecular weight excluding hydrogens is 238 g/mol. The smallest absolute Gasteiger partial charge is 0.236 e. The van der Waals surface area contributed by atoms with Crippen LogP contribution in [-0.4, -0.2) is 19.0 Å². The van der Waals surface area contributed by atoms with Gasteiger partial charge >= 0.3 is 0 Å². The van der Waals surface area contributed by atoms with E-state index in [1.807, 2.05) is 17.0 Å². The fourth-order valence-electron chi connectivity index (χ4n) is 1.68. The molecule has 0 saturated carbocycles. The van der Waals surface area contributed by atoms with Gasteiger partial charge in [-0.05, 0) is 18.1 Å². The number of nitrogen functional groups attached to an aromatic ring is 1. The molecule has 1 aromatic carbocycles. The number of rotatable bonds is 5. The zero-order valence-electron chi connectivity index (χ0n) is 10.1. The number of nitrogens with zero attached hydrogens (tertiary/aromatic N) is 1. The van der Waals surface area contributed by atoms with Gasteiger partial charge in [-0.3, -0.25) is 4.79 Å². The molecule has 0 bridgehead atoms. The van der Waals surface area contributed by atoms with Gasteiger partial charge in [-0.2, -0.15) is 0 Å². The van der Waals surface area contributed by atoms with Crippen LogP contribution < -0.4 is 16.4 Å². The molecule has 0 aromatic heterocycles. The highest BCUT2D eigenvalue weighted by molar-refractivity contribution is 6.33. The second-order valence-electron chi connectivity index (χ2n) is 4.41. The van der Waals surface area contributed by atoms with Crippen molar-refractivity contribution >= 4 is 28.9 Å². The summed E-state index contributed by atoms with van der Waals surface area (Å²) >= 11 is 5.96. The number of primary amides is 1. The molecule has 0 unspecified atom stereocenters. The van der Waals surface area contributed by atoms with Crippen LogP contribution in [0.2, 0.25) is 5.02 Å². The van der Waals surface area contributed by atoms with Crippen LogP contribution in [0.3, 0.4) is 0 Å². The number of halogens is 1. The van der Waals surface area contributed by atoms with Crippen LogP contribution in [0.15, 0.2) is 18.2 Å². The Morgan fingerprint density at radius 1 is 1.47 bits per heavy atom. The van der Waals surface area contributed by atoms with E-state index in [4.69, 9.17) is 23.1 Å². The van der Waals surface area contributed by atoms with Gasteiger partial charge in [0.2, 0.25) is 5.91 Å². The fraction of sp³-hybridized carbons (Fsp3) is 0.417. The molecule has 1 amide bonds. The minimum Gasteiger partial charge on any atom is -0.396 e. The van der Waals surface area contributed by atoms with Crippen molar-refractivity contribution in [2.45, 2.75) is 13.8 Å². The maximum absolute atomic E-state index is 11.1. The number of carbonyl (C=O) groups excluding carboxylic acids is 1. The average molecular weight is 256 g/mol. The van der Waals surface area contributed by atoms with Crippen molar-refractivity contribution in [3.8, 4) is 0 Å². The lowest BCUT2D eigenvalue weighted by atomic mass is 10.1. The first-order valence-corrected chi connectivity index (χ1v) is 5.87. The van der Waals surface area contributed by atoms with E-state index in [9.17, 15) is 4.79 Å². The van der Waals surface area contributed by atoms with Gasteiger partial charge in [-0.15, -0.1) is 0 Å². The molecule has 5 heteroatoms. The molecule has 94 valence electrons.